The van der Waals surface area contributed by atoms with E-state index in [4.69, 9.17) is 5.84 Å². The van der Waals surface area contributed by atoms with Gasteiger partial charge in [0.05, 0.1) is 6.04 Å². The second-order valence-electron chi connectivity index (χ2n) is 3.44. The van der Waals surface area contributed by atoms with Gasteiger partial charge in [-0.3, -0.25) is 10.8 Å². The molecule has 0 bridgehead atoms. The average molecular weight is 325 g/mol. The number of nitrogens with one attached hydrogen (secondary N) is 1. The number of hydrogen-bond acceptors (Lipinski definition) is 3. The van der Waals surface area contributed by atoms with Crippen molar-refractivity contribution in [2.45, 2.75) is 6.04 Å². The fraction of sp³-hybridized carbons (Fsp3) is 0.0833. The van der Waals surface area contributed by atoms with Gasteiger partial charge in [-0.2, -0.15) is 0 Å². The third-order valence-corrected chi connectivity index (χ3v) is 3.11. The van der Waals surface area contributed by atoms with E-state index in [0.717, 1.165) is 11.1 Å². The molecule has 16 heavy (non-hydrogen) atoms. The molecule has 1 aromatic carbocycles. The van der Waals surface area contributed by atoms with Gasteiger partial charge in [0.25, 0.3) is 0 Å². The maximum Gasteiger partial charge on any atom is 0.0725 e. The maximum atomic E-state index is 5.60. The summed E-state index contributed by atoms with van der Waals surface area (Å²) in [5.74, 6) is 5.60. The number of hydrogen-bond donors (Lipinski definition) is 2. The summed E-state index contributed by atoms with van der Waals surface area (Å²) >= 11 is 2.28. The molecular weight excluding hydrogens is 313 g/mol. The lowest BCUT2D eigenvalue weighted by molar-refractivity contribution is 0.634. The molecule has 0 aliphatic rings. The van der Waals surface area contributed by atoms with E-state index < -0.39 is 0 Å². The molecular formula is C12H12IN3. The van der Waals surface area contributed by atoms with Gasteiger partial charge in [-0.05, 0) is 51.9 Å². The van der Waals surface area contributed by atoms with Gasteiger partial charge in [0, 0.05) is 16.0 Å². The predicted molar refractivity (Wildman–Crippen MR) is 72.6 cm³/mol. The van der Waals surface area contributed by atoms with Crippen molar-refractivity contribution in [3.63, 3.8) is 0 Å². The molecule has 1 atom stereocenters. The van der Waals surface area contributed by atoms with Gasteiger partial charge in [0.2, 0.25) is 0 Å². The quantitative estimate of drug-likeness (QED) is 0.517. The van der Waals surface area contributed by atoms with Gasteiger partial charge < -0.3 is 0 Å². The Morgan fingerprint density at radius 2 is 1.88 bits per heavy atom. The summed E-state index contributed by atoms with van der Waals surface area (Å²) in [7, 11) is 0. The molecule has 2 rings (SSSR count). The van der Waals surface area contributed by atoms with Crippen molar-refractivity contribution in [2.75, 3.05) is 0 Å². The molecule has 2 aromatic rings. The van der Waals surface area contributed by atoms with E-state index in [2.05, 4.69) is 57.3 Å². The molecule has 4 heteroatoms. The number of aromatic nitrogens is 1. The molecule has 1 unspecified atom stereocenters. The van der Waals surface area contributed by atoms with Crippen molar-refractivity contribution in [3.8, 4) is 0 Å². The third kappa shape index (κ3) is 2.58. The van der Waals surface area contributed by atoms with Crippen LogP contribution in [0, 0.1) is 3.57 Å². The highest BCUT2D eigenvalue weighted by Gasteiger charge is 2.11. The maximum absolute atomic E-state index is 5.60. The Kier molecular flexibility index (Phi) is 3.87. The number of pyridine rings is 1. The van der Waals surface area contributed by atoms with Crippen LogP contribution in [0.5, 0.6) is 0 Å². The number of benzene rings is 1. The van der Waals surface area contributed by atoms with Crippen LogP contribution in [0.25, 0.3) is 0 Å². The Morgan fingerprint density at radius 1 is 1.12 bits per heavy atom. The zero-order valence-corrected chi connectivity index (χ0v) is 10.8. The fourth-order valence-corrected chi connectivity index (χ4v) is 1.95. The summed E-state index contributed by atoms with van der Waals surface area (Å²) in [6.07, 6.45) is 3.58. The molecule has 0 aliphatic heterocycles. The standard InChI is InChI=1S/C12H12IN3/c13-11-5-3-9(4-6-11)12(16-14)10-2-1-7-15-8-10/h1-8,12,16H,14H2. The highest BCUT2D eigenvalue weighted by Crippen LogP contribution is 2.21. The summed E-state index contributed by atoms with van der Waals surface area (Å²) in [4.78, 5) is 4.10. The van der Waals surface area contributed by atoms with Crippen LogP contribution in [0.1, 0.15) is 17.2 Å². The van der Waals surface area contributed by atoms with Gasteiger partial charge in [0.1, 0.15) is 0 Å². The molecule has 3 nitrogen and oxygen atoms in total. The van der Waals surface area contributed by atoms with Gasteiger partial charge in [-0.1, -0.05) is 18.2 Å². The number of nitrogens with two attached hydrogens (primary N) is 1. The number of nitrogens with zero attached hydrogens (tertiary/aromatic N) is 1. The number of hydrazine groups is 1. The molecule has 0 saturated carbocycles. The smallest absolute Gasteiger partial charge is 0.0725 e. The van der Waals surface area contributed by atoms with Crippen LogP contribution in [-0.2, 0) is 0 Å². The highest BCUT2D eigenvalue weighted by molar-refractivity contribution is 14.1. The Labute approximate surface area is 108 Å². The molecule has 0 saturated heterocycles. The molecule has 0 aliphatic carbocycles. The van der Waals surface area contributed by atoms with Crippen LogP contribution in [0.15, 0.2) is 48.8 Å². The molecule has 1 heterocycles. The zero-order chi connectivity index (χ0) is 11.4. The lowest BCUT2D eigenvalue weighted by Gasteiger charge is -2.16. The van der Waals surface area contributed by atoms with Gasteiger partial charge in [-0.15, -0.1) is 0 Å². The van der Waals surface area contributed by atoms with Crippen molar-refractivity contribution < 1.29 is 0 Å². The molecule has 0 spiro atoms. The molecule has 0 fully saturated rings. The van der Waals surface area contributed by atoms with Crippen molar-refractivity contribution in [1.82, 2.24) is 10.4 Å². The predicted octanol–water partition coefficient (Wildman–Crippen LogP) is 2.24. The Bertz CT molecular complexity index is 442. The molecule has 0 radical (unpaired) electrons. The van der Waals surface area contributed by atoms with Gasteiger partial charge in [-0.25, -0.2) is 5.43 Å². The summed E-state index contributed by atoms with van der Waals surface area (Å²) in [5, 5.41) is 0. The molecule has 0 amide bonds. The minimum atomic E-state index is -0.00861. The van der Waals surface area contributed by atoms with E-state index in [-0.39, 0.29) is 6.04 Å². The van der Waals surface area contributed by atoms with Crippen LogP contribution in [0.2, 0.25) is 0 Å². The second kappa shape index (κ2) is 5.38. The van der Waals surface area contributed by atoms with Crippen LogP contribution < -0.4 is 11.3 Å². The van der Waals surface area contributed by atoms with Gasteiger partial charge >= 0.3 is 0 Å². The van der Waals surface area contributed by atoms with E-state index >= 15 is 0 Å². The summed E-state index contributed by atoms with van der Waals surface area (Å²) in [6, 6.07) is 12.2. The van der Waals surface area contributed by atoms with Crippen LogP contribution in [0.3, 0.4) is 0 Å². The SMILES string of the molecule is NNC(c1ccc(I)cc1)c1cccnc1. The first kappa shape index (κ1) is 11.5. The topological polar surface area (TPSA) is 50.9 Å². The van der Waals surface area contributed by atoms with E-state index in [9.17, 15) is 0 Å². The minimum absolute atomic E-state index is 0.00861. The second-order valence-corrected chi connectivity index (χ2v) is 4.68. The average Bonchev–Trinajstić information content (AvgIpc) is 2.34. The molecule has 1 aromatic heterocycles. The number of halogens is 1. The van der Waals surface area contributed by atoms with Crippen LogP contribution in [0.4, 0.5) is 0 Å². The lowest BCUT2D eigenvalue weighted by Crippen LogP contribution is -2.28. The fourth-order valence-electron chi connectivity index (χ4n) is 1.59. The lowest BCUT2D eigenvalue weighted by atomic mass is 10.0. The first-order valence-electron chi connectivity index (χ1n) is 4.93. The molecule has 3 N–H and O–H groups in total. The van der Waals surface area contributed by atoms with Crippen molar-refractivity contribution in [3.05, 3.63) is 63.5 Å². The van der Waals surface area contributed by atoms with Gasteiger partial charge in [0.15, 0.2) is 0 Å². The minimum Gasteiger partial charge on any atom is -0.271 e. The first-order chi connectivity index (χ1) is 7.81. The zero-order valence-electron chi connectivity index (χ0n) is 8.60. The van der Waals surface area contributed by atoms with Crippen molar-refractivity contribution in [2.24, 2.45) is 5.84 Å². The normalized spacial score (nSPS) is 12.4. The third-order valence-electron chi connectivity index (χ3n) is 2.39. The number of rotatable bonds is 3. The first-order valence-corrected chi connectivity index (χ1v) is 6.00. The van der Waals surface area contributed by atoms with Crippen molar-refractivity contribution >= 4 is 22.6 Å². The Balaban J connectivity index is 2.33. The Morgan fingerprint density at radius 3 is 2.44 bits per heavy atom. The van der Waals surface area contributed by atoms with Crippen molar-refractivity contribution in [1.29, 1.82) is 0 Å². The van der Waals surface area contributed by atoms with Crippen LogP contribution >= 0.6 is 22.6 Å². The Hall–Kier alpha value is -0.980. The largest absolute Gasteiger partial charge is 0.271 e. The summed E-state index contributed by atoms with van der Waals surface area (Å²) in [5.41, 5.74) is 5.01. The monoisotopic (exact) mass is 325 g/mol. The van der Waals surface area contributed by atoms with E-state index in [1.165, 1.54) is 3.57 Å². The summed E-state index contributed by atoms with van der Waals surface area (Å²) < 4.78 is 1.21. The van der Waals surface area contributed by atoms with E-state index in [1.54, 1.807) is 6.20 Å². The van der Waals surface area contributed by atoms with Crippen LogP contribution in [-0.4, -0.2) is 4.98 Å². The van der Waals surface area contributed by atoms with E-state index in [1.807, 2.05) is 18.3 Å². The highest BCUT2D eigenvalue weighted by atomic mass is 127. The molecule has 82 valence electrons. The summed E-state index contributed by atoms with van der Waals surface area (Å²) in [6.45, 7) is 0. The van der Waals surface area contributed by atoms with E-state index in [0.29, 0.717) is 0 Å².